The average molecular weight is 171 g/mol. The summed E-state index contributed by atoms with van der Waals surface area (Å²) in [5, 5.41) is 0. The van der Waals surface area contributed by atoms with Crippen LogP contribution in [0.1, 0.15) is 67.6 Å². The van der Waals surface area contributed by atoms with Gasteiger partial charge in [-0.2, -0.15) is 0 Å². The number of hydrogen-bond donors (Lipinski definition) is 0. The van der Waals surface area contributed by atoms with E-state index in [4.69, 9.17) is 1.37 Å². The first kappa shape index (κ1) is 10.1. The molecule has 0 fully saturated rings. The van der Waals surface area contributed by atoms with Gasteiger partial charge in [-0.15, -0.1) is 0 Å². The van der Waals surface area contributed by atoms with Gasteiger partial charge in [0.25, 0.3) is 0 Å². The Kier molecular flexibility index (Phi) is 6.42. The Morgan fingerprint density at radius 3 is 2.33 bits per heavy atom. The van der Waals surface area contributed by atoms with Crippen LogP contribution >= 0.6 is 0 Å². The third-order valence-corrected chi connectivity index (χ3v) is 2.84. The number of unbranched alkanes of at least 4 members (excludes halogenated alkanes) is 3. The highest BCUT2D eigenvalue weighted by molar-refractivity contribution is 4.60. The van der Waals surface area contributed by atoms with E-state index < -0.39 is 0 Å². The second-order valence-electron chi connectivity index (χ2n) is 3.99. The summed E-state index contributed by atoms with van der Waals surface area (Å²) in [4.78, 5) is 0. The van der Waals surface area contributed by atoms with Gasteiger partial charge in [-0.05, 0) is 11.8 Å². The molecule has 0 amide bonds. The Morgan fingerprint density at radius 1 is 1.08 bits per heavy atom. The molecule has 0 aromatic carbocycles. The van der Waals surface area contributed by atoms with Gasteiger partial charge in [0.2, 0.25) is 0 Å². The third-order valence-electron chi connectivity index (χ3n) is 2.84. The van der Waals surface area contributed by atoms with Crippen molar-refractivity contribution >= 4 is 0 Å². The maximum atomic E-state index is 7.41. The van der Waals surface area contributed by atoms with Crippen molar-refractivity contribution in [3.63, 3.8) is 0 Å². The summed E-state index contributed by atoms with van der Waals surface area (Å²) in [6, 6.07) is 0. The molecule has 0 heterocycles. The minimum atomic E-state index is 0.617. The summed E-state index contributed by atoms with van der Waals surface area (Å²) in [6.07, 6.45) is 7.96. The fourth-order valence-corrected chi connectivity index (χ4v) is 1.53. The van der Waals surface area contributed by atoms with Gasteiger partial charge in [0.1, 0.15) is 0 Å². The monoisotopic (exact) mass is 171 g/mol. The minimum absolute atomic E-state index is 0.617. The van der Waals surface area contributed by atoms with Crippen LogP contribution in [0.15, 0.2) is 0 Å². The van der Waals surface area contributed by atoms with Crippen molar-refractivity contribution in [2.24, 2.45) is 11.8 Å². The van der Waals surface area contributed by atoms with E-state index >= 15 is 0 Å². The largest absolute Gasteiger partial charge is 0.0654 e. The lowest BCUT2D eigenvalue weighted by Gasteiger charge is -2.17. The standard InChI is InChI=1S/C12H26/c1-5-7-8-9-10-12(4)11(3)6-2/h11-12H,5-10H2,1-4H3/i3D. The van der Waals surface area contributed by atoms with E-state index in [2.05, 4.69) is 20.8 Å². The second-order valence-corrected chi connectivity index (χ2v) is 3.99. The first-order valence-corrected chi connectivity index (χ1v) is 5.55. The lowest BCUT2D eigenvalue weighted by Crippen LogP contribution is -2.06. The normalized spacial score (nSPS) is 17.1. The van der Waals surface area contributed by atoms with Crippen LogP contribution in [0.4, 0.5) is 0 Å². The predicted molar refractivity (Wildman–Crippen MR) is 57.4 cm³/mol. The summed E-state index contributed by atoms with van der Waals surface area (Å²) >= 11 is 0. The lowest BCUT2D eigenvalue weighted by atomic mass is 9.89. The zero-order valence-electron chi connectivity index (χ0n) is 10.1. The van der Waals surface area contributed by atoms with Crippen LogP contribution in [0.5, 0.6) is 0 Å². The Balaban J connectivity index is 3.42. The fraction of sp³-hybridized carbons (Fsp3) is 1.00. The van der Waals surface area contributed by atoms with Crippen molar-refractivity contribution in [1.82, 2.24) is 0 Å². The zero-order valence-corrected chi connectivity index (χ0v) is 9.10. The highest BCUT2D eigenvalue weighted by Gasteiger charge is 2.08. The molecule has 2 atom stereocenters. The Labute approximate surface area is 80.2 Å². The Hall–Kier alpha value is 0. The van der Waals surface area contributed by atoms with E-state index in [-0.39, 0.29) is 0 Å². The molecule has 0 aromatic rings. The maximum absolute atomic E-state index is 7.41. The van der Waals surface area contributed by atoms with Crippen LogP contribution in [0.2, 0.25) is 0 Å². The first-order valence-electron chi connectivity index (χ1n) is 6.26. The molecule has 0 aromatic heterocycles. The van der Waals surface area contributed by atoms with E-state index in [0.717, 1.165) is 5.92 Å². The van der Waals surface area contributed by atoms with Crippen molar-refractivity contribution in [3.8, 4) is 0 Å². The molecule has 0 rings (SSSR count). The van der Waals surface area contributed by atoms with Gasteiger partial charge in [-0.25, -0.2) is 0 Å². The topological polar surface area (TPSA) is 0 Å². The van der Waals surface area contributed by atoms with E-state index in [0.29, 0.717) is 12.8 Å². The average Bonchev–Trinajstić information content (AvgIpc) is 2.14. The molecule has 2 unspecified atom stereocenters. The quantitative estimate of drug-likeness (QED) is 0.490. The molecule has 0 aliphatic rings. The molecule has 0 nitrogen and oxygen atoms in total. The molecule has 0 aliphatic carbocycles. The Bertz CT molecular complexity index is 97.3. The van der Waals surface area contributed by atoms with Crippen LogP contribution in [0.3, 0.4) is 0 Å². The molecule has 0 radical (unpaired) electrons. The number of hydrogen-bond acceptors (Lipinski definition) is 0. The zero-order chi connectivity index (χ0) is 10.1. The summed E-state index contributed by atoms with van der Waals surface area (Å²) < 4.78 is 7.41. The molecular weight excluding hydrogens is 144 g/mol. The van der Waals surface area contributed by atoms with Crippen LogP contribution in [0.25, 0.3) is 0 Å². The van der Waals surface area contributed by atoms with Gasteiger partial charge in [0, 0.05) is 1.37 Å². The molecule has 0 heteroatoms. The third kappa shape index (κ3) is 5.62. The minimum Gasteiger partial charge on any atom is -0.0654 e. The summed E-state index contributed by atoms with van der Waals surface area (Å²) in [7, 11) is 0. The predicted octanol–water partition coefficient (Wildman–Crippen LogP) is 4.64. The number of rotatable bonds is 7. The van der Waals surface area contributed by atoms with E-state index in [9.17, 15) is 0 Å². The van der Waals surface area contributed by atoms with Crippen LogP contribution < -0.4 is 0 Å². The first-order chi connectivity index (χ1) is 6.26. The Morgan fingerprint density at radius 2 is 1.83 bits per heavy atom. The SMILES string of the molecule is [2H]CC(CC)C(C)CCCCCC. The summed E-state index contributed by atoms with van der Waals surface area (Å²) in [6.45, 7) is 7.39. The van der Waals surface area contributed by atoms with Gasteiger partial charge in [-0.1, -0.05) is 66.2 Å². The van der Waals surface area contributed by atoms with Crippen molar-refractivity contribution in [1.29, 1.82) is 0 Å². The highest BCUT2D eigenvalue weighted by atomic mass is 14.1. The van der Waals surface area contributed by atoms with Gasteiger partial charge in [0.15, 0.2) is 0 Å². The molecule has 0 saturated heterocycles. The van der Waals surface area contributed by atoms with E-state index in [1.165, 1.54) is 38.5 Å². The molecular formula is C12H26. The summed E-state index contributed by atoms with van der Waals surface area (Å²) in [5.74, 6) is 1.40. The van der Waals surface area contributed by atoms with E-state index in [1.807, 2.05) is 0 Å². The molecule has 0 N–H and O–H groups in total. The van der Waals surface area contributed by atoms with Crippen LogP contribution in [0, 0.1) is 11.8 Å². The van der Waals surface area contributed by atoms with Gasteiger partial charge < -0.3 is 0 Å². The van der Waals surface area contributed by atoms with Gasteiger partial charge in [0.05, 0.1) is 0 Å². The highest BCUT2D eigenvalue weighted by Crippen LogP contribution is 2.20. The van der Waals surface area contributed by atoms with Crippen LogP contribution in [-0.4, -0.2) is 0 Å². The smallest absolute Gasteiger partial charge is 0.0233 e. The fourth-order valence-electron chi connectivity index (χ4n) is 1.53. The van der Waals surface area contributed by atoms with Crippen molar-refractivity contribution < 1.29 is 1.37 Å². The van der Waals surface area contributed by atoms with Gasteiger partial charge in [-0.3, -0.25) is 0 Å². The van der Waals surface area contributed by atoms with Crippen molar-refractivity contribution in [2.75, 3.05) is 0 Å². The molecule has 0 spiro atoms. The summed E-state index contributed by atoms with van der Waals surface area (Å²) in [5.41, 5.74) is 0. The molecule has 0 aliphatic heterocycles. The molecule has 74 valence electrons. The maximum Gasteiger partial charge on any atom is 0.0233 e. The lowest BCUT2D eigenvalue weighted by molar-refractivity contribution is 0.343. The molecule has 0 bridgehead atoms. The van der Waals surface area contributed by atoms with Crippen LogP contribution in [-0.2, 0) is 0 Å². The van der Waals surface area contributed by atoms with Crippen molar-refractivity contribution in [3.05, 3.63) is 0 Å². The molecule has 0 saturated carbocycles. The molecule has 12 heavy (non-hydrogen) atoms. The van der Waals surface area contributed by atoms with E-state index in [1.54, 1.807) is 0 Å². The van der Waals surface area contributed by atoms with Gasteiger partial charge >= 0.3 is 0 Å². The van der Waals surface area contributed by atoms with Crippen molar-refractivity contribution in [2.45, 2.75) is 66.2 Å². The second kappa shape index (κ2) is 7.64.